The molecule has 0 aromatic carbocycles. The van der Waals surface area contributed by atoms with Crippen molar-refractivity contribution in [2.75, 3.05) is 6.61 Å². The number of cyclic esters (lactones) is 1. The van der Waals surface area contributed by atoms with Crippen molar-refractivity contribution in [3.05, 3.63) is 11.6 Å². The van der Waals surface area contributed by atoms with E-state index in [4.69, 9.17) is 9.47 Å². The first-order valence-corrected chi connectivity index (χ1v) is 7.82. The molecule has 0 bridgehead atoms. The highest BCUT2D eigenvalue weighted by molar-refractivity contribution is 5.91. The van der Waals surface area contributed by atoms with E-state index in [-0.39, 0.29) is 40.7 Å². The molecule has 116 valence electrons. The van der Waals surface area contributed by atoms with Gasteiger partial charge in [0.15, 0.2) is 0 Å². The van der Waals surface area contributed by atoms with Gasteiger partial charge in [-0.05, 0) is 29.7 Å². The number of carbonyl (C=O) groups excluding carboxylic acids is 2. The van der Waals surface area contributed by atoms with Crippen molar-refractivity contribution >= 4 is 11.9 Å². The van der Waals surface area contributed by atoms with Crippen LogP contribution in [0, 0.1) is 22.7 Å². The predicted octanol–water partition coefficient (Wildman–Crippen LogP) is 2.86. The molecule has 2 aliphatic carbocycles. The molecule has 0 radical (unpaired) electrons. The summed E-state index contributed by atoms with van der Waals surface area (Å²) in [6.07, 6.45) is 4.86. The molecule has 1 saturated heterocycles. The van der Waals surface area contributed by atoms with Crippen LogP contribution in [0.2, 0.25) is 0 Å². The van der Waals surface area contributed by atoms with Crippen LogP contribution < -0.4 is 0 Å². The maximum atomic E-state index is 12.0. The monoisotopic (exact) mass is 292 g/mol. The Labute approximate surface area is 125 Å². The summed E-state index contributed by atoms with van der Waals surface area (Å²) in [4.78, 5) is 23.5. The summed E-state index contributed by atoms with van der Waals surface area (Å²) >= 11 is 0. The van der Waals surface area contributed by atoms with Gasteiger partial charge in [0, 0.05) is 24.3 Å². The zero-order chi connectivity index (χ0) is 15.4. The van der Waals surface area contributed by atoms with Gasteiger partial charge in [-0.25, -0.2) is 4.79 Å². The Bertz CT molecular complexity index is 519. The van der Waals surface area contributed by atoms with Gasteiger partial charge in [-0.2, -0.15) is 0 Å². The summed E-state index contributed by atoms with van der Waals surface area (Å²) in [5.74, 6) is -0.155. The average molecular weight is 292 g/mol. The number of hydrogen-bond acceptors (Lipinski definition) is 4. The summed E-state index contributed by atoms with van der Waals surface area (Å²) in [5.41, 5.74) is 0.761. The highest BCUT2D eigenvalue weighted by atomic mass is 16.5. The minimum absolute atomic E-state index is 0.0435. The largest absolute Gasteiger partial charge is 0.462 e. The van der Waals surface area contributed by atoms with Crippen molar-refractivity contribution in [2.45, 2.75) is 53.1 Å². The summed E-state index contributed by atoms with van der Waals surface area (Å²) in [7, 11) is 0. The lowest BCUT2D eigenvalue weighted by atomic mass is 9.48. The molecule has 4 heteroatoms. The Balaban J connectivity index is 2.09. The fourth-order valence-electron chi connectivity index (χ4n) is 5.11. The smallest absolute Gasteiger partial charge is 0.334 e. The standard InChI is InChI=1S/C17H24O4/c1-10(18)21-13-8-11-12(9-20-15(11)19)17(4)7-5-6-16(2,3)14(13)17/h8,12-14H,5-7,9H2,1-4H3/t12-,13-,14+,17+/m0/s1. The van der Waals surface area contributed by atoms with Crippen LogP contribution >= 0.6 is 0 Å². The Morgan fingerprint density at radius 3 is 2.71 bits per heavy atom. The molecule has 1 aliphatic heterocycles. The average Bonchev–Trinajstić information content (AvgIpc) is 2.69. The topological polar surface area (TPSA) is 52.6 Å². The quantitative estimate of drug-likeness (QED) is 0.697. The third-order valence-corrected chi connectivity index (χ3v) is 5.85. The maximum absolute atomic E-state index is 12.0. The molecule has 2 fully saturated rings. The third kappa shape index (κ3) is 2.11. The molecule has 0 N–H and O–H groups in total. The fourth-order valence-corrected chi connectivity index (χ4v) is 5.11. The van der Waals surface area contributed by atoms with Crippen LogP contribution in [0.5, 0.6) is 0 Å². The summed E-state index contributed by atoms with van der Waals surface area (Å²) in [6.45, 7) is 8.66. The number of esters is 2. The van der Waals surface area contributed by atoms with E-state index in [2.05, 4.69) is 20.8 Å². The van der Waals surface area contributed by atoms with Gasteiger partial charge in [-0.1, -0.05) is 27.2 Å². The molecule has 4 atom stereocenters. The molecule has 1 heterocycles. The molecule has 0 aromatic rings. The van der Waals surface area contributed by atoms with Gasteiger partial charge in [0.25, 0.3) is 0 Å². The van der Waals surface area contributed by atoms with Crippen LogP contribution in [0.25, 0.3) is 0 Å². The normalized spacial score (nSPS) is 40.7. The number of ether oxygens (including phenoxy) is 2. The van der Waals surface area contributed by atoms with Crippen LogP contribution in [-0.4, -0.2) is 24.6 Å². The van der Waals surface area contributed by atoms with E-state index in [1.54, 1.807) is 0 Å². The number of fused-ring (bicyclic) bond motifs is 3. The Kier molecular flexibility index (Phi) is 3.19. The SMILES string of the molecule is CC(=O)O[C@H]1C=C2C(=O)OC[C@@H]2[C@@]2(C)CCCC(C)(C)[C@@H]12. The molecule has 0 unspecified atom stereocenters. The molecule has 0 aromatic heterocycles. The lowest BCUT2D eigenvalue weighted by Gasteiger charge is -2.57. The molecule has 1 saturated carbocycles. The van der Waals surface area contributed by atoms with E-state index in [1.807, 2.05) is 6.08 Å². The minimum Gasteiger partial charge on any atom is -0.462 e. The zero-order valence-corrected chi connectivity index (χ0v) is 13.3. The molecule has 0 spiro atoms. The van der Waals surface area contributed by atoms with Crippen molar-refractivity contribution in [2.24, 2.45) is 22.7 Å². The first-order valence-electron chi connectivity index (χ1n) is 7.82. The van der Waals surface area contributed by atoms with Gasteiger partial charge in [-0.3, -0.25) is 4.79 Å². The maximum Gasteiger partial charge on any atom is 0.334 e. The molecule has 4 nitrogen and oxygen atoms in total. The van der Waals surface area contributed by atoms with Crippen molar-refractivity contribution in [3.8, 4) is 0 Å². The van der Waals surface area contributed by atoms with Crippen LogP contribution in [0.15, 0.2) is 11.6 Å². The van der Waals surface area contributed by atoms with Crippen molar-refractivity contribution in [3.63, 3.8) is 0 Å². The van der Waals surface area contributed by atoms with Gasteiger partial charge in [-0.15, -0.1) is 0 Å². The van der Waals surface area contributed by atoms with E-state index in [1.165, 1.54) is 6.92 Å². The lowest BCUT2D eigenvalue weighted by molar-refractivity contribution is -0.160. The van der Waals surface area contributed by atoms with Gasteiger partial charge in [0.1, 0.15) is 6.10 Å². The number of hydrogen-bond donors (Lipinski definition) is 0. The lowest BCUT2D eigenvalue weighted by Crippen LogP contribution is -2.55. The first kappa shape index (κ1) is 14.6. The van der Waals surface area contributed by atoms with E-state index in [9.17, 15) is 9.59 Å². The van der Waals surface area contributed by atoms with Gasteiger partial charge in [0.2, 0.25) is 0 Å². The van der Waals surface area contributed by atoms with Crippen molar-refractivity contribution < 1.29 is 19.1 Å². The van der Waals surface area contributed by atoms with Crippen molar-refractivity contribution in [1.82, 2.24) is 0 Å². The molecule has 21 heavy (non-hydrogen) atoms. The van der Waals surface area contributed by atoms with Gasteiger partial charge >= 0.3 is 11.9 Å². The minimum atomic E-state index is -0.320. The van der Waals surface area contributed by atoms with Crippen molar-refractivity contribution in [1.29, 1.82) is 0 Å². The van der Waals surface area contributed by atoms with Crippen LogP contribution in [-0.2, 0) is 19.1 Å². The predicted molar refractivity (Wildman–Crippen MR) is 77.3 cm³/mol. The van der Waals surface area contributed by atoms with E-state index >= 15 is 0 Å². The summed E-state index contributed by atoms with van der Waals surface area (Å²) < 4.78 is 10.9. The Hall–Kier alpha value is -1.32. The van der Waals surface area contributed by atoms with Gasteiger partial charge < -0.3 is 9.47 Å². The highest BCUT2D eigenvalue weighted by Gasteiger charge is 2.59. The fraction of sp³-hybridized carbons (Fsp3) is 0.765. The van der Waals surface area contributed by atoms with E-state index < -0.39 is 0 Å². The van der Waals surface area contributed by atoms with E-state index in [0.717, 1.165) is 24.8 Å². The first-order chi connectivity index (χ1) is 9.75. The number of rotatable bonds is 1. The molecular formula is C17H24O4. The second kappa shape index (κ2) is 4.59. The number of carbonyl (C=O) groups is 2. The summed E-state index contributed by atoms with van der Waals surface area (Å²) in [6, 6.07) is 0. The Morgan fingerprint density at radius 1 is 1.33 bits per heavy atom. The zero-order valence-electron chi connectivity index (χ0n) is 13.3. The van der Waals surface area contributed by atoms with Gasteiger partial charge in [0.05, 0.1) is 6.61 Å². The van der Waals surface area contributed by atoms with E-state index in [0.29, 0.717) is 6.61 Å². The van der Waals surface area contributed by atoms with Crippen LogP contribution in [0.4, 0.5) is 0 Å². The summed E-state index contributed by atoms with van der Waals surface area (Å²) in [5, 5.41) is 0. The highest BCUT2D eigenvalue weighted by Crippen LogP contribution is 2.61. The molecule has 3 rings (SSSR count). The molecular weight excluding hydrogens is 268 g/mol. The van der Waals surface area contributed by atoms with Crippen LogP contribution in [0.1, 0.15) is 47.0 Å². The van der Waals surface area contributed by atoms with Crippen LogP contribution in [0.3, 0.4) is 0 Å². The second-order valence-electron chi connectivity index (χ2n) is 7.67. The molecule has 3 aliphatic rings. The Morgan fingerprint density at radius 2 is 2.05 bits per heavy atom. The second-order valence-corrected chi connectivity index (χ2v) is 7.67. The molecule has 0 amide bonds. The third-order valence-electron chi connectivity index (χ3n) is 5.85.